The molecule has 2 fully saturated rings. The van der Waals surface area contributed by atoms with E-state index in [1.54, 1.807) is 6.07 Å². The molecule has 128 valence electrons. The number of nitrogens with one attached hydrogen (secondary N) is 1. The lowest BCUT2D eigenvalue weighted by molar-refractivity contribution is -0.134. The molecule has 6 heteroatoms. The molecule has 3 rings (SSSR count). The van der Waals surface area contributed by atoms with Gasteiger partial charge in [-0.25, -0.2) is 4.39 Å². The minimum Gasteiger partial charge on any atom is -0.371 e. The van der Waals surface area contributed by atoms with Crippen molar-refractivity contribution in [2.45, 2.75) is 38.0 Å². The van der Waals surface area contributed by atoms with Crippen LogP contribution in [0.4, 0.5) is 10.1 Å². The van der Waals surface area contributed by atoms with E-state index in [9.17, 15) is 18.8 Å². The molecule has 1 N–H and O–H groups in total. The van der Waals surface area contributed by atoms with Crippen molar-refractivity contribution in [1.82, 2.24) is 5.32 Å². The van der Waals surface area contributed by atoms with E-state index >= 15 is 0 Å². The lowest BCUT2D eigenvalue weighted by Gasteiger charge is -2.33. The lowest BCUT2D eigenvalue weighted by Crippen LogP contribution is -2.39. The Morgan fingerprint density at radius 1 is 1.21 bits per heavy atom. The maximum absolute atomic E-state index is 14.5. The smallest absolute Gasteiger partial charge is 0.234 e. The summed E-state index contributed by atoms with van der Waals surface area (Å²) in [7, 11) is 0. The molecule has 0 aromatic heterocycles. The standard InChI is InChI=1S/C18H21FN2O3/c19-16-11-13(21-8-5-12(6-9-21)7-10-22)1-2-14(16)15-3-4-17(23)20-18(15)24/h1-2,10-12,15H,3-9H2,(H,20,23,24)/t15-/m1/s1. The van der Waals surface area contributed by atoms with E-state index < -0.39 is 17.6 Å². The van der Waals surface area contributed by atoms with Gasteiger partial charge in [0.1, 0.15) is 12.1 Å². The number of imide groups is 1. The van der Waals surface area contributed by atoms with Crippen LogP contribution in [0.2, 0.25) is 0 Å². The minimum atomic E-state index is -0.602. The van der Waals surface area contributed by atoms with Gasteiger partial charge in [0.15, 0.2) is 0 Å². The van der Waals surface area contributed by atoms with Gasteiger partial charge in [0.2, 0.25) is 11.8 Å². The number of rotatable bonds is 4. The number of amides is 2. The molecule has 0 radical (unpaired) electrons. The highest BCUT2D eigenvalue weighted by atomic mass is 19.1. The molecular weight excluding hydrogens is 311 g/mol. The minimum absolute atomic E-state index is 0.238. The van der Waals surface area contributed by atoms with Gasteiger partial charge in [-0.05, 0) is 37.3 Å². The summed E-state index contributed by atoms with van der Waals surface area (Å²) in [6.45, 7) is 1.60. The molecule has 5 nitrogen and oxygen atoms in total. The number of carbonyl (C=O) groups is 3. The fraction of sp³-hybridized carbons (Fsp3) is 0.500. The Hall–Kier alpha value is -2.24. The molecule has 0 saturated carbocycles. The summed E-state index contributed by atoms with van der Waals surface area (Å²) in [5, 5.41) is 2.27. The van der Waals surface area contributed by atoms with Crippen LogP contribution in [0, 0.1) is 11.7 Å². The van der Waals surface area contributed by atoms with Crippen molar-refractivity contribution in [1.29, 1.82) is 0 Å². The van der Waals surface area contributed by atoms with E-state index in [4.69, 9.17) is 0 Å². The molecule has 1 aromatic rings. The van der Waals surface area contributed by atoms with Crippen LogP contribution in [-0.2, 0) is 14.4 Å². The number of carbonyl (C=O) groups excluding carboxylic acids is 3. The van der Waals surface area contributed by atoms with Gasteiger partial charge in [0.05, 0.1) is 5.92 Å². The quantitative estimate of drug-likeness (QED) is 0.678. The normalized spacial score (nSPS) is 22.4. The van der Waals surface area contributed by atoms with E-state index in [2.05, 4.69) is 10.2 Å². The Morgan fingerprint density at radius 3 is 2.58 bits per heavy atom. The highest BCUT2D eigenvalue weighted by Crippen LogP contribution is 2.31. The van der Waals surface area contributed by atoms with Gasteiger partial charge in [-0.1, -0.05) is 6.07 Å². The van der Waals surface area contributed by atoms with Gasteiger partial charge < -0.3 is 9.69 Å². The molecule has 1 atom stereocenters. The molecule has 2 amide bonds. The van der Waals surface area contributed by atoms with Crippen molar-refractivity contribution in [2.75, 3.05) is 18.0 Å². The summed E-state index contributed by atoms with van der Waals surface area (Å²) in [6, 6.07) is 4.96. The predicted octanol–water partition coefficient (Wildman–Crippen LogP) is 2.15. The molecule has 2 saturated heterocycles. The summed E-state index contributed by atoms with van der Waals surface area (Å²) in [6.07, 6.45) is 4.00. The molecule has 2 aliphatic rings. The second-order valence-electron chi connectivity index (χ2n) is 6.54. The predicted molar refractivity (Wildman–Crippen MR) is 87.1 cm³/mol. The third kappa shape index (κ3) is 3.47. The van der Waals surface area contributed by atoms with Crippen LogP contribution in [0.5, 0.6) is 0 Å². The van der Waals surface area contributed by atoms with Gasteiger partial charge in [0, 0.05) is 37.2 Å². The summed E-state index contributed by atoms with van der Waals surface area (Å²) >= 11 is 0. The van der Waals surface area contributed by atoms with E-state index in [0.29, 0.717) is 24.3 Å². The molecular formula is C18H21FN2O3. The van der Waals surface area contributed by atoms with Crippen LogP contribution in [0.3, 0.4) is 0 Å². The van der Waals surface area contributed by atoms with E-state index in [1.165, 1.54) is 6.07 Å². The van der Waals surface area contributed by atoms with Gasteiger partial charge >= 0.3 is 0 Å². The third-order valence-corrected chi connectivity index (χ3v) is 5.01. The van der Waals surface area contributed by atoms with Crippen molar-refractivity contribution >= 4 is 23.8 Å². The zero-order valence-corrected chi connectivity index (χ0v) is 13.5. The number of benzene rings is 1. The summed E-state index contributed by atoms with van der Waals surface area (Å²) in [5.74, 6) is -1.31. The second-order valence-corrected chi connectivity index (χ2v) is 6.54. The number of aldehydes is 1. The highest BCUT2D eigenvalue weighted by Gasteiger charge is 2.30. The van der Waals surface area contributed by atoms with Crippen LogP contribution in [-0.4, -0.2) is 31.2 Å². The SMILES string of the molecule is O=CCC1CCN(c2ccc([C@H]3CCC(=O)NC3=O)c(F)c2)CC1. The average molecular weight is 332 g/mol. The first kappa shape index (κ1) is 16.6. The molecule has 0 unspecified atom stereocenters. The van der Waals surface area contributed by atoms with Crippen LogP contribution in [0.25, 0.3) is 0 Å². The number of hydrogen-bond donors (Lipinski definition) is 1. The Kier molecular flexibility index (Phi) is 4.92. The maximum Gasteiger partial charge on any atom is 0.234 e. The number of hydrogen-bond acceptors (Lipinski definition) is 4. The third-order valence-electron chi connectivity index (χ3n) is 5.01. The van der Waals surface area contributed by atoms with Gasteiger partial charge in [-0.15, -0.1) is 0 Å². The van der Waals surface area contributed by atoms with Crippen molar-refractivity contribution < 1.29 is 18.8 Å². The Balaban J connectivity index is 1.70. The van der Waals surface area contributed by atoms with Crippen LogP contribution in [0.15, 0.2) is 18.2 Å². The van der Waals surface area contributed by atoms with Crippen molar-refractivity contribution in [2.24, 2.45) is 5.92 Å². The zero-order valence-electron chi connectivity index (χ0n) is 13.5. The fourth-order valence-corrected chi connectivity index (χ4v) is 3.55. The number of nitrogens with zero attached hydrogens (tertiary/aromatic N) is 1. The van der Waals surface area contributed by atoms with Gasteiger partial charge in [0.25, 0.3) is 0 Å². The molecule has 0 aliphatic carbocycles. The zero-order chi connectivity index (χ0) is 17.1. The second kappa shape index (κ2) is 7.11. The van der Waals surface area contributed by atoms with Crippen LogP contribution < -0.4 is 10.2 Å². The van der Waals surface area contributed by atoms with Crippen LogP contribution >= 0.6 is 0 Å². The lowest BCUT2D eigenvalue weighted by atomic mass is 9.89. The Morgan fingerprint density at radius 2 is 1.96 bits per heavy atom. The molecule has 24 heavy (non-hydrogen) atoms. The van der Waals surface area contributed by atoms with Gasteiger partial charge in [-0.3, -0.25) is 14.9 Å². The topological polar surface area (TPSA) is 66.5 Å². The Labute approximate surface area is 140 Å². The number of halogens is 1. The molecule has 0 spiro atoms. The first-order chi connectivity index (χ1) is 11.6. The van der Waals surface area contributed by atoms with Crippen molar-refractivity contribution in [3.63, 3.8) is 0 Å². The summed E-state index contributed by atoms with van der Waals surface area (Å²) in [4.78, 5) is 35.8. The highest BCUT2D eigenvalue weighted by molar-refractivity contribution is 6.01. The summed E-state index contributed by atoms with van der Waals surface area (Å²) in [5.41, 5.74) is 1.15. The first-order valence-corrected chi connectivity index (χ1v) is 8.40. The van der Waals surface area contributed by atoms with Gasteiger partial charge in [-0.2, -0.15) is 0 Å². The molecule has 2 heterocycles. The largest absolute Gasteiger partial charge is 0.371 e. The number of anilines is 1. The van der Waals surface area contributed by atoms with Crippen molar-refractivity contribution in [3.05, 3.63) is 29.6 Å². The van der Waals surface area contributed by atoms with Crippen LogP contribution in [0.1, 0.15) is 43.6 Å². The average Bonchev–Trinajstić information content (AvgIpc) is 2.56. The summed E-state index contributed by atoms with van der Waals surface area (Å²) < 4.78 is 14.5. The Bertz CT molecular complexity index is 654. The molecule has 1 aromatic carbocycles. The monoisotopic (exact) mass is 332 g/mol. The van der Waals surface area contributed by atoms with E-state index in [0.717, 1.165) is 37.9 Å². The van der Waals surface area contributed by atoms with E-state index in [1.807, 2.05) is 6.07 Å². The molecule has 0 bridgehead atoms. The fourth-order valence-electron chi connectivity index (χ4n) is 3.55. The van der Waals surface area contributed by atoms with E-state index in [-0.39, 0.29) is 12.3 Å². The number of piperidine rings is 2. The molecule has 2 aliphatic heterocycles. The van der Waals surface area contributed by atoms with Crippen molar-refractivity contribution in [3.8, 4) is 0 Å². The first-order valence-electron chi connectivity index (χ1n) is 8.40. The maximum atomic E-state index is 14.5.